The van der Waals surface area contributed by atoms with Crippen molar-refractivity contribution in [3.63, 3.8) is 0 Å². The summed E-state index contributed by atoms with van der Waals surface area (Å²) in [4.78, 5) is 0.0851. The molecule has 0 heterocycles. The van der Waals surface area contributed by atoms with Gasteiger partial charge in [0.15, 0.2) is 0 Å². The monoisotopic (exact) mass is 336 g/mol. The van der Waals surface area contributed by atoms with Crippen LogP contribution in [-0.4, -0.2) is 21.6 Å². The van der Waals surface area contributed by atoms with Gasteiger partial charge in [0.25, 0.3) is 0 Å². The highest BCUT2D eigenvalue weighted by Gasteiger charge is 2.18. The molecule has 124 valence electrons. The molecule has 6 heteroatoms. The van der Waals surface area contributed by atoms with E-state index in [1.54, 1.807) is 37.3 Å². The van der Waals surface area contributed by atoms with Crippen LogP contribution >= 0.6 is 0 Å². The first-order valence-electron chi connectivity index (χ1n) is 7.17. The number of rotatable bonds is 6. The Bertz CT molecular complexity index is 764. The lowest BCUT2D eigenvalue weighted by Gasteiger charge is -2.13. The molecule has 0 atom stereocenters. The van der Waals surface area contributed by atoms with Crippen LogP contribution in [0.4, 0.5) is 0 Å². The number of methoxy groups -OCH3 is 1. The van der Waals surface area contributed by atoms with Crippen molar-refractivity contribution < 1.29 is 22.1 Å². The fraction of sp³-hybridized carbons (Fsp3) is 0.294. The average molecular weight is 336 g/mol. The Balaban J connectivity index is 2.23. The lowest BCUT2D eigenvalue weighted by Crippen LogP contribution is -2.11. The van der Waals surface area contributed by atoms with Crippen molar-refractivity contribution in [2.24, 2.45) is 0 Å². The van der Waals surface area contributed by atoms with Crippen LogP contribution in [-0.2, 0) is 10.1 Å². The first-order valence-corrected chi connectivity index (χ1v) is 8.58. The van der Waals surface area contributed by atoms with Gasteiger partial charge in [0.05, 0.1) is 13.2 Å². The molecule has 0 aliphatic rings. The smallest absolute Gasteiger partial charge is 0.339 e. The van der Waals surface area contributed by atoms with E-state index in [1.165, 1.54) is 19.2 Å². The molecule has 0 amide bonds. The molecule has 2 rings (SSSR count). The van der Waals surface area contributed by atoms with E-state index < -0.39 is 10.1 Å². The van der Waals surface area contributed by atoms with Gasteiger partial charge >= 0.3 is 10.1 Å². The number of hydrogen-bond donors (Lipinski definition) is 0. The van der Waals surface area contributed by atoms with Crippen LogP contribution < -0.4 is 13.7 Å². The Morgan fingerprint density at radius 3 is 2.09 bits per heavy atom. The molecule has 5 nitrogen and oxygen atoms in total. The summed E-state index contributed by atoms with van der Waals surface area (Å²) in [5, 5.41) is 0. The lowest BCUT2D eigenvalue weighted by molar-refractivity contribution is 0.240. The minimum Gasteiger partial charge on any atom is -0.497 e. The number of ether oxygens (including phenoxy) is 2. The van der Waals surface area contributed by atoms with Crippen molar-refractivity contribution in [1.29, 1.82) is 0 Å². The van der Waals surface area contributed by atoms with E-state index in [0.717, 1.165) is 5.56 Å². The normalized spacial score (nSPS) is 11.3. The van der Waals surface area contributed by atoms with Gasteiger partial charge in [0, 0.05) is 0 Å². The molecular weight excluding hydrogens is 316 g/mol. The van der Waals surface area contributed by atoms with E-state index in [0.29, 0.717) is 11.5 Å². The predicted molar refractivity (Wildman–Crippen MR) is 87.8 cm³/mol. The van der Waals surface area contributed by atoms with Gasteiger partial charge in [0.1, 0.15) is 22.1 Å². The summed E-state index contributed by atoms with van der Waals surface area (Å²) in [6, 6.07) is 11.0. The van der Waals surface area contributed by atoms with Gasteiger partial charge in [-0.25, -0.2) is 0 Å². The van der Waals surface area contributed by atoms with E-state index in [9.17, 15) is 8.42 Å². The molecule has 0 N–H and O–H groups in total. The highest BCUT2D eigenvalue weighted by molar-refractivity contribution is 7.87. The van der Waals surface area contributed by atoms with Crippen molar-refractivity contribution in [2.45, 2.75) is 31.8 Å². The van der Waals surface area contributed by atoms with Gasteiger partial charge in [-0.15, -0.1) is 0 Å². The van der Waals surface area contributed by atoms with Crippen LogP contribution in [0.5, 0.6) is 17.2 Å². The van der Waals surface area contributed by atoms with Crippen molar-refractivity contribution in [2.75, 3.05) is 7.11 Å². The zero-order valence-electron chi connectivity index (χ0n) is 13.6. The van der Waals surface area contributed by atoms with Crippen LogP contribution in [0, 0.1) is 6.92 Å². The molecule has 23 heavy (non-hydrogen) atoms. The van der Waals surface area contributed by atoms with E-state index in [1.807, 2.05) is 13.8 Å². The average Bonchev–Trinajstić information content (AvgIpc) is 2.49. The van der Waals surface area contributed by atoms with Crippen LogP contribution in [0.3, 0.4) is 0 Å². The Morgan fingerprint density at radius 1 is 0.957 bits per heavy atom. The van der Waals surface area contributed by atoms with Gasteiger partial charge in [0.2, 0.25) is 0 Å². The van der Waals surface area contributed by atoms with Crippen LogP contribution in [0.2, 0.25) is 0 Å². The molecule has 0 spiro atoms. The lowest BCUT2D eigenvalue weighted by atomic mass is 10.2. The molecule has 0 radical (unpaired) electrons. The quantitative estimate of drug-likeness (QED) is 0.755. The molecule has 0 saturated heterocycles. The van der Waals surface area contributed by atoms with E-state index in [2.05, 4.69) is 0 Å². The molecule has 0 fully saturated rings. The first kappa shape index (κ1) is 17.1. The zero-order chi connectivity index (χ0) is 17.0. The van der Waals surface area contributed by atoms with E-state index in [-0.39, 0.29) is 16.7 Å². The Hall–Kier alpha value is -2.21. The molecule has 0 aliphatic carbocycles. The summed E-state index contributed by atoms with van der Waals surface area (Å²) in [5.74, 6) is 1.51. The molecule has 2 aromatic rings. The minimum absolute atomic E-state index is 0.0201. The van der Waals surface area contributed by atoms with Crippen molar-refractivity contribution in [3.8, 4) is 17.2 Å². The van der Waals surface area contributed by atoms with E-state index in [4.69, 9.17) is 13.7 Å². The minimum atomic E-state index is -3.90. The molecule has 0 unspecified atom stereocenters. The number of aryl methyl sites for hydroxylation is 1. The highest BCUT2D eigenvalue weighted by Crippen LogP contribution is 2.26. The SMILES string of the molecule is COc1ccc(OS(=O)(=O)c2ccc(OC(C)C)c(C)c2)cc1. The summed E-state index contributed by atoms with van der Waals surface area (Å²) in [5.41, 5.74) is 0.734. The second kappa shape index (κ2) is 6.91. The van der Waals surface area contributed by atoms with E-state index >= 15 is 0 Å². The van der Waals surface area contributed by atoms with Crippen molar-refractivity contribution in [3.05, 3.63) is 48.0 Å². The highest BCUT2D eigenvalue weighted by atomic mass is 32.2. The first-order chi connectivity index (χ1) is 10.8. The third-order valence-corrected chi connectivity index (χ3v) is 4.31. The van der Waals surface area contributed by atoms with Crippen LogP contribution in [0.15, 0.2) is 47.4 Å². The van der Waals surface area contributed by atoms with Crippen LogP contribution in [0.1, 0.15) is 19.4 Å². The topological polar surface area (TPSA) is 61.8 Å². The second-order valence-corrected chi connectivity index (χ2v) is 6.85. The van der Waals surface area contributed by atoms with Crippen molar-refractivity contribution >= 4 is 10.1 Å². The van der Waals surface area contributed by atoms with Crippen LogP contribution in [0.25, 0.3) is 0 Å². The summed E-state index contributed by atoms with van der Waals surface area (Å²) >= 11 is 0. The maximum atomic E-state index is 12.3. The van der Waals surface area contributed by atoms with Gasteiger partial charge in [-0.05, 0) is 68.8 Å². The molecule has 2 aromatic carbocycles. The fourth-order valence-electron chi connectivity index (χ4n) is 1.97. The summed E-state index contributed by atoms with van der Waals surface area (Å²) < 4.78 is 40.5. The molecular formula is C17H20O5S. The zero-order valence-corrected chi connectivity index (χ0v) is 14.4. The summed E-state index contributed by atoms with van der Waals surface area (Å²) in [6.45, 7) is 5.62. The molecule has 0 aliphatic heterocycles. The fourth-order valence-corrected chi connectivity index (χ4v) is 2.99. The Kier molecular flexibility index (Phi) is 5.15. The van der Waals surface area contributed by atoms with Crippen molar-refractivity contribution in [1.82, 2.24) is 0 Å². The third-order valence-electron chi connectivity index (χ3n) is 3.06. The predicted octanol–water partition coefficient (Wildman–Crippen LogP) is 3.56. The third kappa shape index (κ3) is 4.39. The standard InChI is InChI=1S/C17H20O5S/c1-12(2)21-17-10-9-16(11-13(17)3)23(18,19)22-15-7-5-14(20-4)6-8-15/h5-12H,1-4H3. The Labute approximate surface area is 136 Å². The van der Waals surface area contributed by atoms with Gasteiger partial charge < -0.3 is 13.7 Å². The van der Waals surface area contributed by atoms with Gasteiger partial charge in [-0.3, -0.25) is 0 Å². The maximum absolute atomic E-state index is 12.3. The van der Waals surface area contributed by atoms with Gasteiger partial charge in [-0.1, -0.05) is 0 Å². The largest absolute Gasteiger partial charge is 0.497 e. The summed E-state index contributed by atoms with van der Waals surface area (Å²) in [7, 11) is -2.36. The number of hydrogen-bond acceptors (Lipinski definition) is 5. The molecule has 0 saturated carbocycles. The Morgan fingerprint density at radius 2 is 1.57 bits per heavy atom. The summed E-state index contributed by atoms with van der Waals surface area (Å²) in [6.07, 6.45) is 0.0201. The second-order valence-electron chi connectivity index (χ2n) is 5.31. The molecule has 0 bridgehead atoms. The van der Waals surface area contributed by atoms with Gasteiger partial charge in [-0.2, -0.15) is 8.42 Å². The molecule has 0 aromatic heterocycles. The maximum Gasteiger partial charge on any atom is 0.339 e. The number of benzene rings is 2.